The van der Waals surface area contributed by atoms with Crippen molar-refractivity contribution >= 4 is 17.9 Å². The van der Waals surface area contributed by atoms with Crippen LogP contribution in [0.25, 0.3) is 0 Å². The van der Waals surface area contributed by atoms with Crippen molar-refractivity contribution in [3.63, 3.8) is 0 Å². The van der Waals surface area contributed by atoms with Crippen LogP contribution in [0, 0.1) is 21.4 Å². The average Bonchev–Trinajstić information content (AvgIpc) is 2.35. The highest BCUT2D eigenvalue weighted by molar-refractivity contribution is 5.86. The number of carboxylic acids is 1. The van der Waals surface area contributed by atoms with Crippen LogP contribution in [-0.4, -0.2) is 27.4 Å². The number of nitro groups is 1. The zero-order chi connectivity index (χ0) is 13.9. The van der Waals surface area contributed by atoms with Gasteiger partial charge in [-0.05, 0) is 11.6 Å². The van der Waals surface area contributed by atoms with Gasteiger partial charge in [-0.3, -0.25) is 14.9 Å². The number of hydrogen-bond acceptors (Lipinski definition) is 6. The Morgan fingerprint density at radius 3 is 2.56 bits per heavy atom. The Hall–Kier alpha value is -2.79. The molecule has 0 fully saturated rings. The lowest BCUT2D eigenvalue weighted by Gasteiger charge is -2.07. The van der Waals surface area contributed by atoms with Crippen molar-refractivity contribution in [2.45, 2.75) is 6.10 Å². The van der Waals surface area contributed by atoms with Crippen molar-refractivity contribution in [2.75, 3.05) is 0 Å². The lowest BCUT2D eigenvalue weighted by atomic mass is 10.00. The van der Waals surface area contributed by atoms with E-state index in [1.54, 1.807) is 0 Å². The molecule has 0 aromatic heterocycles. The molecule has 1 unspecified atom stereocenters. The smallest absolute Gasteiger partial charge is 0.337 e. The summed E-state index contributed by atoms with van der Waals surface area (Å²) in [5.41, 5.74) is -1.88. The van der Waals surface area contributed by atoms with Gasteiger partial charge in [0.1, 0.15) is 11.6 Å². The van der Waals surface area contributed by atoms with E-state index in [2.05, 4.69) is 0 Å². The summed E-state index contributed by atoms with van der Waals surface area (Å²) >= 11 is 0. The summed E-state index contributed by atoms with van der Waals surface area (Å²) in [6.07, 6.45) is -1.87. The van der Waals surface area contributed by atoms with Gasteiger partial charge in [0.25, 0.3) is 5.69 Å². The normalized spacial score (nSPS) is 11.3. The fourth-order valence-corrected chi connectivity index (χ4v) is 1.33. The molecular formula is C10H6N2O6. The van der Waals surface area contributed by atoms with E-state index in [1.807, 2.05) is 0 Å². The molecule has 0 radical (unpaired) electrons. The molecule has 0 aliphatic heterocycles. The van der Waals surface area contributed by atoms with Gasteiger partial charge in [0.15, 0.2) is 12.4 Å². The van der Waals surface area contributed by atoms with E-state index in [-0.39, 0.29) is 17.4 Å². The third kappa shape index (κ3) is 2.31. The number of carbonyl (C=O) groups is 2. The minimum Gasteiger partial charge on any atom is -0.479 e. The Morgan fingerprint density at radius 1 is 1.56 bits per heavy atom. The average molecular weight is 250 g/mol. The number of hydrogen-bond donors (Lipinski definition) is 2. The number of aliphatic hydroxyl groups is 1. The highest BCUT2D eigenvalue weighted by atomic mass is 16.6. The number of aliphatic hydroxyl groups excluding tert-OH is 1. The van der Waals surface area contributed by atoms with E-state index >= 15 is 0 Å². The molecule has 0 aliphatic carbocycles. The third-order valence-electron chi connectivity index (χ3n) is 2.17. The SMILES string of the molecule is N#Cc1cc(C(O)C(=O)O)cc([N+](=O)[O-])c1C=O. The van der Waals surface area contributed by atoms with Crippen LogP contribution in [0.1, 0.15) is 27.6 Å². The van der Waals surface area contributed by atoms with Gasteiger partial charge in [0.05, 0.1) is 10.5 Å². The van der Waals surface area contributed by atoms with Gasteiger partial charge < -0.3 is 10.2 Å². The molecule has 1 rings (SSSR count). The van der Waals surface area contributed by atoms with Crippen LogP contribution >= 0.6 is 0 Å². The third-order valence-corrected chi connectivity index (χ3v) is 2.17. The first-order valence-electron chi connectivity index (χ1n) is 4.50. The number of carbonyl (C=O) groups excluding carboxylic acids is 1. The molecule has 1 aromatic rings. The van der Waals surface area contributed by atoms with Gasteiger partial charge in [-0.2, -0.15) is 5.26 Å². The maximum absolute atomic E-state index is 10.7. The minimum absolute atomic E-state index is 0.133. The van der Waals surface area contributed by atoms with Gasteiger partial charge in [-0.25, -0.2) is 4.79 Å². The molecule has 8 heteroatoms. The second-order valence-corrected chi connectivity index (χ2v) is 3.23. The van der Waals surface area contributed by atoms with Crippen LogP contribution in [-0.2, 0) is 4.79 Å². The molecule has 0 bridgehead atoms. The molecule has 0 aliphatic rings. The maximum Gasteiger partial charge on any atom is 0.337 e. The first kappa shape index (κ1) is 13.3. The Balaban J connectivity index is 3.56. The van der Waals surface area contributed by atoms with Gasteiger partial charge >= 0.3 is 5.97 Å². The number of nitrogens with zero attached hydrogens (tertiary/aromatic N) is 2. The summed E-state index contributed by atoms with van der Waals surface area (Å²) in [5.74, 6) is -1.62. The largest absolute Gasteiger partial charge is 0.479 e. The highest BCUT2D eigenvalue weighted by Gasteiger charge is 2.24. The van der Waals surface area contributed by atoms with Crippen molar-refractivity contribution in [3.8, 4) is 6.07 Å². The predicted octanol–water partition coefficient (Wildman–Crippen LogP) is 0.397. The number of benzene rings is 1. The lowest BCUT2D eigenvalue weighted by Crippen LogP contribution is -2.12. The second-order valence-electron chi connectivity index (χ2n) is 3.23. The number of rotatable bonds is 4. The van der Waals surface area contributed by atoms with Crippen LogP contribution in [0.2, 0.25) is 0 Å². The fraction of sp³-hybridized carbons (Fsp3) is 0.100. The van der Waals surface area contributed by atoms with Crippen molar-refractivity contribution < 1.29 is 24.7 Å². The second kappa shape index (κ2) is 5.03. The Labute approximate surface area is 99.8 Å². The Bertz CT molecular complexity index is 574. The van der Waals surface area contributed by atoms with E-state index in [1.165, 1.54) is 6.07 Å². The van der Waals surface area contributed by atoms with Crippen LogP contribution in [0.5, 0.6) is 0 Å². The van der Waals surface area contributed by atoms with Gasteiger partial charge in [0.2, 0.25) is 0 Å². The molecule has 0 amide bonds. The van der Waals surface area contributed by atoms with E-state index < -0.39 is 28.2 Å². The van der Waals surface area contributed by atoms with Crippen molar-refractivity contribution in [3.05, 3.63) is 38.9 Å². The van der Waals surface area contributed by atoms with Crippen LogP contribution in [0.4, 0.5) is 5.69 Å². The molecule has 0 saturated carbocycles. The molecule has 0 spiro atoms. The minimum atomic E-state index is -2.00. The maximum atomic E-state index is 10.7. The summed E-state index contributed by atoms with van der Waals surface area (Å²) in [5, 5.41) is 37.3. The fourth-order valence-electron chi connectivity index (χ4n) is 1.33. The quantitative estimate of drug-likeness (QED) is 0.447. The molecule has 1 aromatic carbocycles. The molecule has 1 atom stereocenters. The molecule has 18 heavy (non-hydrogen) atoms. The summed E-state index contributed by atoms with van der Waals surface area (Å²) in [7, 11) is 0. The van der Waals surface area contributed by atoms with Gasteiger partial charge in [-0.1, -0.05) is 0 Å². The highest BCUT2D eigenvalue weighted by Crippen LogP contribution is 2.26. The first-order valence-corrected chi connectivity index (χ1v) is 4.50. The molecular weight excluding hydrogens is 244 g/mol. The van der Waals surface area contributed by atoms with Crippen LogP contribution in [0.15, 0.2) is 12.1 Å². The number of nitro benzene ring substituents is 1. The van der Waals surface area contributed by atoms with E-state index in [9.17, 15) is 24.8 Å². The standard InChI is InChI=1S/C10H6N2O6/c11-3-6-1-5(9(14)10(15)16)2-8(12(17)18)7(6)4-13/h1-2,4,9,14H,(H,15,16). The molecule has 0 saturated heterocycles. The number of nitriles is 1. The molecule has 8 nitrogen and oxygen atoms in total. The topological polar surface area (TPSA) is 142 Å². The van der Waals surface area contributed by atoms with E-state index in [0.717, 1.165) is 12.1 Å². The van der Waals surface area contributed by atoms with Crippen LogP contribution < -0.4 is 0 Å². The zero-order valence-electron chi connectivity index (χ0n) is 8.73. The van der Waals surface area contributed by atoms with Gasteiger partial charge in [0, 0.05) is 6.07 Å². The monoisotopic (exact) mass is 250 g/mol. The van der Waals surface area contributed by atoms with Crippen molar-refractivity contribution in [2.24, 2.45) is 0 Å². The molecule has 0 heterocycles. The van der Waals surface area contributed by atoms with E-state index in [0.29, 0.717) is 0 Å². The first-order chi connectivity index (χ1) is 8.42. The van der Waals surface area contributed by atoms with E-state index in [4.69, 9.17) is 10.4 Å². The van der Waals surface area contributed by atoms with Crippen molar-refractivity contribution in [1.29, 1.82) is 5.26 Å². The number of aliphatic carboxylic acids is 1. The molecule has 92 valence electrons. The summed E-state index contributed by atoms with van der Waals surface area (Å²) in [6.45, 7) is 0. The number of aldehydes is 1. The number of carboxylic acid groups (broad SMARTS) is 1. The van der Waals surface area contributed by atoms with Crippen LogP contribution in [0.3, 0.4) is 0 Å². The lowest BCUT2D eigenvalue weighted by molar-refractivity contribution is -0.385. The van der Waals surface area contributed by atoms with Crippen molar-refractivity contribution in [1.82, 2.24) is 0 Å². The summed E-state index contributed by atoms with van der Waals surface area (Å²) in [4.78, 5) is 31.0. The molecule has 2 N–H and O–H groups in total. The Kier molecular flexibility index (Phi) is 3.71. The Morgan fingerprint density at radius 2 is 2.17 bits per heavy atom. The predicted molar refractivity (Wildman–Crippen MR) is 55.8 cm³/mol. The zero-order valence-corrected chi connectivity index (χ0v) is 8.73. The summed E-state index contributed by atoms with van der Waals surface area (Å²) in [6, 6.07) is 3.22. The summed E-state index contributed by atoms with van der Waals surface area (Å²) < 4.78 is 0. The van der Waals surface area contributed by atoms with Gasteiger partial charge in [-0.15, -0.1) is 0 Å².